The molecule has 1 aromatic carbocycles. The van der Waals surface area contributed by atoms with Crippen LogP contribution in [0.2, 0.25) is 0 Å². The van der Waals surface area contributed by atoms with Crippen LogP contribution < -0.4 is 0 Å². The summed E-state index contributed by atoms with van der Waals surface area (Å²) in [4.78, 5) is 12.5. The summed E-state index contributed by atoms with van der Waals surface area (Å²) in [5.41, 5.74) is 1.82. The molecule has 0 radical (unpaired) electrons. The molecule has 0 spiro atoms. The fourth-order valence-electron chi connectivity index (χ4n) is 2.89. The number of carbonyl (C=O) groups is 1. The molecule has 1 fully saturated rings. The van der Waals surface area contributed by atoms with Gasteiger partial charge in [0.15, 0.2) is 5.78 Å². The van der Waals surface area contributed by atoms with E-state index in [1.54, 1.807) is 0 Å². The molecule has 1 aliphatic carbocycles. The minimum Gasteiger partial charge on any atom is -0.367 e. The van der Waals surface area contributed by atoms with Crippen molar-refractivity contribution in [2.24, 2.45) is 0 Å². The van der Waals surface area contributed by atoms with E-state index in [1.165, 1.54) is 5.56 Å². The number of rotatable bonds is 5. The molecule has 0 N–H and O–H groups in total. The van der Waals surface area contributed by atoms with Crippen LogP contribution in [0.25, 0.3) is 0 Å². The maximum atomic E-state index is 12.5. The Morgan fingerprint density at radius 1 is 1.33 bits per heavy atom. The van der Waals surface area contributed by atoms with Crippen LogP contribution in [-0.2, 0) is 16.0 Å². The molecule has 0 atom stereocenters. The molecule has 0 amide bonds. The quantitative estimate of drug-likeness (QED) is 0.795. The maximum absolute atomic E-state index is 12.5. The molecule has 2 heteroatoms. The molecule has 18 heavy (non-hydrogen) atoms. The first-order chi connectivity index (χ1) is 8.66. The molecule has 1 aromatic rings. The van der Waals surface area contributed by atoms with Crippen LogP contribution >= 0.6 is 0 Å². The van der Waals surface area contributed by atoms with Gasteiger partial charge in [0.25, 0.3) is 0 Å². The van der Waals surface area contributed by atoms with Gasteiger partial charge in [0.2, 0.25) is 0 Å². The first kappa shape index (κ1) is 13.3. The third-order valence-electron chi connectivity index (χ3n) is 3.79. The Morgan fingerprint density at radius 3 is 2.67 bits per heavy atom. The highest BCUT2D eigenvalue weighted by molar-refractivity contribution is 5.89. The van der Waals surface area contributed by atoms with Crippen LogP contribution in [0.5, 0.6) is 0 Å². The Bertz CT molecular complexity index is 417. The van der Waals surface area contributed by atoms with Crippen molar-refractivity contribution in [3.05, 3.63) is 35.4 Å². The molecular formula is C16H22O2. The summed E-state index contributed by atoms with van der Waals surface area (Å²) in [5, 5.41) is 0. The van der Waals surface area contributed by atoms with Gasteiger partial charge in [-0.1, -0.05) is 29.8 Å². The van der Waals surface area contributed by atoms with E-state index in [4.69, 9.17) is 4.74 Å². The highest BCUT2D eigenvalue weighted by Crippen LogP contribution is 2.35. The van der Waals surface area contributed by atoms with Gasteiger partial charge >= 0.3 is 0 Å². The smallest absolute Gasteiger partial charge is 0.168 e. The van der Waals surface area contributed by atoms with E-state index in [0.29, 0.717) is 13.0 Å². The Hall–Kier alpha value is -1.15. The third-order valence-corrected chi connectivity index (χ3v) is 3.79. The topological polar surface area (TPSA) is 26.3 Å². The number of Topliss-reactive ketones (excluding diaryl/α,β-unsaturated/α-hetero) is 1. The van der Waals surface area contributed by atoms with Gasteiger partial charge in [0.1, 0.15) is 5.60 Å². The fourth-order valence-corrected chi connectivity index (χ4v) is 2.89. The van der Waals surface area contributed by atoms with Crippen molar-refractivity contribution >= 4 is 5.78 Å². The van der Waals surface area contributed by atoms with Gasteiger partial charge in [-0.2, -0.15) is 0 Å². The monoisotopic (exact) mass is 246 g/mol. The van der Waals surface area contributed by atoms with Crippen LogP contribution in [0, 0.1) is 6.92 Å². The molecular weight excluding hydrogens is 224 g/mol. The van der Waals surface area contributed by atoms with Crippen LogP contribution in [-0.4, -0.2) is 18.0 Å². The van der Waals surface area contributed by atoms with Gasteiger partial charge in [-0.05, 0) is 45.1 Å². The van der Waals surface area contributed by atoms with Crippen molar-refractivity contribution in [1.29, 1.82) is 0 Å². The predicted octanol–water partition coefficient (Wildman–Crippen LogP) is 3.46. The lowest BCUT2D eigenvalue weighted by atomic mass is 9.91. The Labute approximate surface area is 109 Å². The molecule has 1 aliphatic rings. The van der Waals surface area contributed by atoms with Gasteiger partial charge in [0.05, 0.1) is 0 Å². The van der Waals surface area contributed by atoms with E-state index in [1.807, 2.05) is 19.1 Å². The summed E-state index contributed by atoms with van der Waals surface area (Å²) in [5.74, 6) is 0.257. The minimum absolute atomic E-state index is 0.257. The number of carbonyl (C=O) groups excluding carboxylic acids is 1. The van der Waals surface area contributed by atoms with Crippen LogP contribution in [0.15, 0.2) is 24.3 Å². The molecule has 0 unspecified atom stereocenters. The molecule has 98 valence electrons. The number of ketones is 1. The summed E-state index contributed by atoms with van der Waals surface area (Å²) in [6.07, 6.45) is 4.51. The molecule has 0 bridgehead atoms. The molecule has 0 saturated heterocycles. The Morgan fingerprint density at radius 2 is 2.06 bits per heavy atom. The summed E-state index contributed by atoms with van der Waals surface area (Å²) in [6.45, 7) is 4.65. The third kappa shape index (κ3) is 2.81. The van der Waals surface area contributed by atoms with Gasteiger partial charge in [-0.15, -0.1) is 0 Å². The number of aryl methyl sites for hydroxylation is 1. The molecule has 1 saturated carbocycles. The highest BCUT2D eigenvalue weighted by Gasteiger charge is 2.41. The lowest BCUT2D eigenvalue weighted by Gasteiger charge is -2.27. The van der Waals surface area contributed by atoms with Crippen molar-refractivity contribution in [2.75, 3.05) is 6.61 Å². The Balaban J connectivity index is 2.10. The molecule has 2 nitrogen and oxygen atoms in total. The van der Waals surface area contributed by atoms with E-state index in [-0.39, 0.29) is 5.78 Å². The average molecular weight is 246 g/mol. The second kappa shape index (κ2) is 5.66. The molecule has 2 rings (SSSR count). The van der Waals surface area contributed by atoms with Crippen molar-refractivity contribution in [2.45, 2.75) is 51.6 Å². The average Bonchev–Trinajstić information content (AvgIpc) is 2.79. The summed E-state index contributed by atoms with van der Waals surface area (Å²) < 4.78 is 5.81. The zero-order chi connectivity index (χ0) is 13.0. The minimum atomic E-state index is -0.488. The molecule has 0 aromatic heterocycles. The zero-order valence-corrected chi connectivity index (χ0v) is 11.4. The number of hydrogen-bond donors (Lipinski definition) is 0. The van der Waals surface area contributed by atoms with Crippen molar-refractivity contribution < 1.29 is 9.53 Å². The van der Waals surface area contributed by atoms with Gasteiger partial charge in [-0.25, -0.2) is 0 Å². The van der Waals surface area contributed by atoms with E-state index >= 15 is 0 Å². The first-order valence-corrected chi connectivity index (χ1v) is 6.89. The second-order valence-electron chi connectivity index (χ2n) is 5.22. The van der Waals surface area contributed by atoms with Crippen molar-refractivity contribution in [3.63, 3.8) is 0 Å². The molecule has 0 heterocycles. The summed E-state index contributed by atoms with van der Waals surface area (Å²) in [6, 6.07) is 8.19. The van der Waals surface area contributed by atoms with E-state index in [0.717, 1.165) is 31.2 Å². The zero-order valence-electron chi connectivity index (χ0n) is 11.4. The standard InChI is InChI=1S/C16H22O2/c1-3-18-16(9-4-5-10-16)15(17)12-14-8-6-7-13(2)11-14/h6-8,11H,3-5,9-10,12H2,1-2H3. The van der Waals surface area contributed by atoms with Gasteiger partial charge in [-0.3, -0.25) is 4.79 Å². The lowest BCUT2D eigenvalue weighted by Crippen LogP contribution is -2.40. The molecule has 0 aliphatic heterocycles. The normalized spacial score (nSPS) is 17.9. The second-order valence-corrected chi connectivity index (χ2v) is 5.22. The van der Waals surface area contributed by atoms with E-state index < -0.39 is 5.60 Å². The fraction of sp³-hybridized carbons (Fsp3) is 0.562. The lowest BCUT2D eigenvalue weighted by molar-refractivity contribution is -0.142. The van der Waals surface area contributed by atoms with Gasteiger partial charge in [0, 0.05) is 13.0 Å². The SMILES string of the molecule is CCOC1(C(=O)Cc2cccc(C)c2)CCCC1. The van der Waals surface area contributed by atoms with Gasteiger partial charge < -0.3 is 4.74 Å². The van der Waals surface area contributed by atoms with Crippen molar-refractivity contribution in [3.8, 4) is 0 Å². The summed E-state index contributed by atoms with van der Waals surface area (Å²) >= 11 is 0. The van der Waals surface area contributed by atoms with Crippen LogP contribution in [0.4, 0.5) is 0 Å². The maximum Gasteiger partial charge on any atom is 0.168 e. The van der Waals surface area contributed by atoms with E-state index in [9.17, 15) is 4.79 Å². The first-order valence-electron chi connectivity index (χ1n) is 6.89. The number of hydrogen-bond acceptors (Lipinski definition) is 2. The van der Waals surface area contributed by atoms with E-state index in [2.05, 4.69) is 19.1 Å². The predicted molar refractivity (Wildman–Crippen MR) is 72.7 cm³/mol. The number of benzene rings is 1. The highest BCUT2D eigenvalue weighted by atomic mass is 16.5. The summed E-state index contributed by atoms with van der Waals surface area (Å²) in [7, 11) is 0. The van der Waals surface area contributed by atoms with Crippen molar-refractivity contribution in [1.82, 2.24) is 0 Å². The van der Waals surface area contributed by atoms with Crippen LogP contribution in [0.3, 0.4) is 0 Å². The number of ether oxygens (including phenoxy) is 1. The van der Waals surface area contributed by atoms with Crippen LogP contribution in [0.1, 0.15) is 43.7 Å². The Kier molecular flexibility index (Phi) is 4.18. The largest absolute Gasteiger partial charge is 0.367 e.